The van der Waals surface area contributed by atoms with Crippen LogP contribution < -0.4 is 0 Å². The Balaban J connectivity index is 3.61. The summed E-state index contributed by atoms with van der Waals surface area (Å²) in [6.07, 6.45) is -1.60. The Kier molecular flexibility index (Phi) is 12.5. The summed E-state index contributed by atoms with van der Waals surface area (Å²) >= 11 is 2.19. The molecule has 0 amide bonds. The van der Waals surface area contributed by atoms with Crippen LogP contribution in [0, 0.1) is 29.6 Å². The van der Waals surface area contributed by atoms with Gasteiger partial charge >= 0.3 is 5.97 Å². The lowest BCUT2D eigenvalue weighted by Crippen LogP contribution is -2.56. The SMILES string of the molecule is CC[C@H]1OC(=O)[C@H](C)C(=O)[C@H](C)[C@@H](C)[C@](I)(OC)C[C@@H](C)/C(=N\OCCCF)[C@H](C)[C@@H](O)[C@]1(C)O. The van der Waals surface area contributed by atoms with Crippen molar-refractivity contribution in [3.63, 3.8) is 0 Å². The number of rotatable bonds is 6. The number of cyclic esters (lactones) is 1. The van der Waals surface area contributed by atoms with Gasteiger partial charge in [-0.1, -0.05) is 39.8 Å². The Morgan fingerprint density at radius 3 is 2.31 bits per heavy atom. The molecule has 8 nitrogen and oxygen atoms in total. The number of nitrogens with zero attached hydrogens (tertiary/aromatic N) is 1. The highest BCUT2D eigenvalue weighted by atomic mass is 127. The largest absolute Gasteiger partial charge is 0.459 e. The molecule has 10 heteroatoms. The molecule has 2 N–H and O–H groups in total. The summed E-state index contributed by atoms with van der Waals surface area (Å²) in [6, 6.07) is 0. The smallest absolute Gasteiger partial charge is 0.316 e. The van der Waals surface area contributed by atoms with Gasteiger partial charge in [-0.2, -0.15) is 0 Å². The summed E-state index contributed by atoms with van der Waals surface area (Å²) in [6.45, 7) is 11.5. The Morgan fingerprint density at radius 2 is 1.80 bits per heavy atom. The molecule has 0 bridgehead atoms. The summed E-state index contributed by atoms with van der Waals surface area (Å²) in [4.78, 5) is 31.5. The van der Waals surface area contributed by atoms with Crippen molar-refractivity contribution in [2.75, 3.05) is 20.4 Å². The molecule has 0 unspecified atom stereocenters. The topological polar surface area (TPSA) is 115 Å². The van der Waals surface area contributed by atoms with Gasteiger partial charge in [-0.25, -0.2) is 0 Å². The molecule has 0 aromatic heterocycles. The second-order valence-electron chi connectivity index (χ2n) is 9.98. The molecule has 0 aromatic carbocycles. The van der Waals surface area contributed by atoms with Crippen molar-refractivity contribution in [3.8, 4) is 0 Å². The van der Waals surface area contributed by atoms with Crippen LogP contribution in [0.2, 0.25) is 0 Å². The fourth-order valence-corrected chi connectivity index (χ4v) is 5.89. The summed E-state index contributed by atoms with van der Waals surface area (Å²) in [5.74, 6) is -3.83. The van der Waals surface area contributed by atoms with Crippen molar-refractivity contribution in [3.05, 3.63) is 0 Å². The number of ketones is 1. The van der Waals surface area contributed by atoms with E-state index in [9.17, 15) is 24.2 Å². The fraction of sp³-hybridized carbons (Fsp3) is 0.880. The van der Waals surface area contributed by atoms with Crippen molar-refractivity contribution in [2.24, 2.45) is 34.7 Å². The zero-order valence-corrected chi connectivity index (χ0v) is 24.4. The number of carbonyl (C=O) groups is 2. The summed E-state index contributed by atoms with van der Waals surface area (Å²) < 4.78 is 23.2. The molecule has 1 rings (SSSR count). The van der Waals surface area contributed by atoms with Crippen molar-refractivity contribution in [1.82, 2.24) is 0 Å². The number of esters is 1. The standard InChI is InChI=1S/C25H43FINO7/c1-9-19-24(7,32)22(30)16(4)20(28-34-12-10-11-26)14(2)13-25(27,33-8)18(6)15(3)21(29)17(5)23(31)35-19/h14-19,22,30,32H,9-13H2,1-8H3/b28-20+/t14-,15-,16+,17-,18-,19-,22-,24-,25-/m1/s1. The van der Waals surface area contributed by atoms with Crippen LogP contribution in [0.4, 0.5) is 4.39 Å². The lowest BCUT2D eigenvalue weighted by molar-refractivity contribution is -0.186. The van der Waals surface area contributed by atoms with Gasteiger partial charge in [0.05, 0.1) is 18.5 Å². The molecule has 9 atom stereocenters. The lowest BCUT2D eigenvalue weighted by Gasteiger charge is -2.42. The maximum atomic E-state index is 13.2. The average molecular weight is 616 g/mol. The Labute approximate surface area is 222 Å². The predicted molar refractivity (Wildman–Crippen MR) is 140 cm³/mol. The minimum atomic E-state index is -1.84. The first-order chi connectivity index (χ1) is 16.2. The average Bonchev–Trinajstić information content (AvgIpc) is 2.83. The zero-order valence-electron chi connectivity index (χ0n) is 22.2. The molecule has 1 aliphatic heterocycles. The Hall–Kier alpha value is -0.850. The van der Waals surface area contributed by atoms with E-state index in [2.05, 4.69) is 27.7 Å². The Morgan fingerprint density at radius 1 is 1.20 bits per heavy atom. The van der Waals surface area contributed by atoms with E-state index in [4.69, 9.17) is 14.3 Å². The number of carbonyl (C=O) groups excluding carboxylic acids is 2. The number of halogens is 2. The first kappa shape index (κ1) is 32.2. The van der Waals surface area contributed by atoms with Gasteiger partial charge in [0.25, 0.3) is 0 Å². The predicted octanol–water partition coefficient (Wildman–Crippen LogP) is 4.08. The molecule has 1 saturated heterocycles. The van der Waals surface area contributed by atoms with Gasteiger partial charge in [0.2, 0.25) is 0 Å². The van der Waals surface area contributed by atoms with Gasteiger partial charge in [0.1, 0.15) is 33.6 Å². The molecular formula is C25H43FINO7. The number of hydrogen-bond acceptors (Lipinski definition) is 8. The van der Waals surface area contributed by atoms with Gasteiger partial charge in [0, 0.05) is 37.2 Å². The highest BCUT2D eigenvalue weighted by molar-refractivity contribution is 14.1. The first-order valence-corrected chi connectivity index (χ1v) is 13.4. The van der Waals surface area contributed by atoms with Crippen molar-refractivity contribution in [2.45, 2.75) is 89.1 Å². The fourth-order valence-electron chi connectivity index (χ4n) is 4.69. The first-order valence-electron chi connectivity index (χ1n) is 12.3. The highest BCUT2D eigenvalue weighted by Crippen LogP contribution is 2.42. The molecule has 0 radical (unpaired) electrons. The van der Waals surface area contributed by atoms with Crippen LogP contribution in [-0.2, 0) is 23.9 Å². The molecule has 0 saturated carbocycles. The molecule has 1 heterocycles. The summed E-state index contributed by atoms with van der Waals surface area (Å²) in [7, 11) is 1.57. The molecule has 35 heavy (non-hydrogen) atoms. The van der Waals surface area contributed by atoms with Crippen LogP contribution in [-0.4, -0.2) is 69.5 Å². The normalized spacial score (nSPS) is 41.4. The van der Waals surface area contributed by atoms with Gasteiger partial charge in [0.15, 0.2) is 0 Å². The zero-order chi connectivity index (χ0) is 27.1. The van der Waals surface area contributed by atoms with E-state index in [1.807, 2.05) is 13.8 Å². The van der Waals surface area contributed by atoms with E-state index in [1.165, 1.54) is 13.8 Å². The maximum Gasteiger partial charge on any atom is 0.316 e. The number of aliphatic hydroxyl groups is 2. The summed E-state index contributed by atoms with van der Waals surface area (Å²) in [5.41, 5.74) is -1.37. The third kappa shape index (κ3) is 7.58. The van der Waals surface area contributed by atoms with Crippen molar-refractivity contribution in [1.29, 1.82) is 0 Å². The molecule has 1 aliphatic rings. The van der Waals surface area contributed by atoms with Crippen LogP contribution in [0.15, 0.2) is 5.16 Å². The number of methoxy groups -OCH3 is 1. The van der Waals surface area contributed by atoms with Crippen LogP contribution in [0.5, 0.6) is 0 Å². The van der Waals surface area contributed by atoms with Crippen molar-refractivity contribution < 1.29 is 38.5 Å². The highest BCUT2D eigenvalue weighted by Gasteiger charge is 2.48. The minimum Gasteiger partial charge on any atom is -0.459 e. The third-order valence-electron chi connectivity index (χ3n) is 7.45. The van der Waals surface area contributed by atoms with E-state index in [1.54, 1.807) is 27.9 Å². The lowest BCUT2D eigenvalue weighted by atomic mass is 9.75. The second-order valence-corrected chi connectivity index (χ2v) is 11.8. The number of aliphatic hydroxyl groups excluding tert-OH is 1. The number of oxime groups is 1. The second kappa shape index (κ2) is 13.6. The van der Waals surface area contributed by atoms with Crippen molar-refractivity contribution >= 4 is 40.1 Å². The third-order valence-corrected chi connectivity index (χ3v) is 9.31. The van der Waals surface area contributed by atoms with Crippen LogP contribution in [0.25, 0.3) is 0 Å². The van der Waals surface area contributed by atoms with Gasteiger partial charge in [-0.3, -0.25) is 14.0 Å². The Bertz CT molecular complexity index is 749. The minimum absolute atomic E-state index is 0.0700. The van der Waals surface area contributed by atoms with Gasteiger partial charge in [-0.15, -0.1) is 0 Å². The molecule has 0 aliphatic carbocycles. The van der Waals surface area contributed by atoms with Crippen LogP contribution >= 0.6 is 22.6 Å². The van der Waals surface area contributed by atoms with Gasteiger partial charge < -0.3 is 24.5 Å². The molecular weight excluding hydrogens is 572 g/mol. The van der Waals surface area contributed by atoms with E-state index in [-0.39, 0.29) is 37.1 Å². The number of alkyl halides is 2. The van der Waals surface area contributed by atoms with Crippen LogP contribution in [0.1, 0.15) is 67.7 Å². The quantitative estimate of drug-likeness (QED) is 0.116. The monoisotopic (exact) mass is 615 g/mol. The van der Waals surface area contributed by atoms with E-state index in [0.717, 1.165) is 0 Å². The maximum absolute atomic E-state index is 13.2. The summed E-state index contributed by atoms with van der Waals surface area (Å²) in [5, 5.41) is 26.8. The molecule has 0 spiro atoms. The molecule has 204 valence electrons. The number of Topliss-reactive ketones (excluding diaryl/α,β-unsaturated/α-hetero) is 1. The number of hydrogen-bond donors (Lipinski definition) is 2. The molecule has 0 aromatic rings. The molecule has 1 fully saturated rings. The number of ether oxygens (including phenoxy) is 2. The van der Waals surface area contributed by atoms with E-state index < -0.39 is 51.8 Å². The van der Waals surface area contributed by atoms with E-state index in [0.29, 0.717) is 12.1 Å². The van der Waals surface area contributed by atoms with Crippen LogP contribution in [0.3, 0.4) is 0 Å². The van der Waals surface area contributed by atoms with Gasteiger partial charge in [-0.05, 0) is 49.3 Å². The van der Waals surface area contributed by atoms with E-state index >= 15 is 0 Å².